The Balaban J connectivity index is 1.56. The van der Waals surface area contributed by atoms with Gasteiger partial charge in [0, 0.05) is 5.39 Å². The second-order valence-corrected chi connectivity index (χ2v) is 9.02. The second-order valence-electron chi connectivity index (χ2n) is 9.02. The number of rotatable bonds is 4. The fourth-order valence-corrected chi connectivity index (χ4v) is 5.85. The molecular weight excluding hydrogens is 370 g/mol. The van der Waals surface area contributed by atoms with Gasteiger partial charge >= 0.3 is 5.97 Å². The molecular formula is C25H30F2O2. The van der Waals surface area contributed by atoms with E-state index >= 15 is 0 Å². The van der Waals surface area contributed by atoms with E-state index in [1.807, 2.05) is 12.1 Å². The third kappa shape index (κ3) is 3.91. The van der Waals surface area contributed by atoms with Gasteiger partial charge in [0.2, 0.25) is 0 Å². The number of halogens is 2. The molecule has 4 unspecified atom stereocenters. The highest BCUT2D eigenvalue weighted by Gasteiger charge is 2.35. The van der Waals surface area contributed by atoms with Crippen LogP contribution in [0.15, 0.2) is 24.3 Å². The Morgan fingerprint density at radius 2 is 1.83 bits per heavy atom. The van der Waals surface area contributed by atoms with Crippen LogP contribution in [-0.2, 0) is 4.74 Å². The lowest BCUT2D eigenvalue weighted by molar-refractivity contribution is 0.0590. The summed E-state index contributed by atoms with van der Waals surface area (Å²) in [7, 11) is 1.13. The van der Waals surface area contributed by atoms with Crippen LogP contribution in [0, 0.1) is 29.4 Å². The van der Waals surface area contributed by atoms with Gasteiger partial charge < -0.3 is 4.74 Å². The van der Waals surface area contributed by atoms with Crippen molar-refractivity contribution in [3.05, 3.63) is 47.0 Å². The van der Waals surface area contributed by atoms with Crippen molar-refractivity contribution < 1.29 is 18.3 Å². The lowest BCUT2D eigenvalue weighted by Crippen LogP contribution is -2.30. The van der Waals surface area contributed by atoms with Crippen LogP contribution in [0.3, 0.4) is 0 Å². The summed E-state index contributed by atoms with van der Waals surface area (Å²) in [5, 5.41) is 0.781. The third-order valence-corrected chi connectivity index (χ3v) is 7.33. The van der Waals surface area contributed by atoms with Crippen LogP contribution in [0.4, 0.5) is 8.78 Å². The zero-order valence-electron chi connectivity index (χ0n) is 17.3. The largest absolute Gasteiger partial charge is 0.465 e. The number of hydrogen-bond acceptors (Lipinski definition) is 2. The average Bonchev–Trinajstić information content (AvgIpc) is 2.73. The van der Waals surface area contributed by atoms with Crippen molar-refractivity contribution in [2.24, 2.45) is 17.8 Å². The maximum Gasteiger partial charge on any atom is 0.343 e. The lowest BCUT2D eigenvalue weighted by Gasteiger charge is -2.42. The summed E-state index contributed by atoms with van der Waals surface area (Å²) in [4.78, 5) is 11.7. The highest BCUT2D eigenvalue weighted by Crippen LogP contribution is 2.48. The summed E-state index contributed by atoms with van der Waals surface area (Å²) >= 11 is 0. The first kappa shape index (κ1) is 20.3. The maximum atomic E-state index is 14.7. The Labute approximate surface area is 171 Å². The van der Waals surface area contributed by atoms with Gasteiger partial charge in [0.05, 0.1) is 7.11 Å². The van der Waals surface area contributed by atoms with Crippen molar-refractivity contribution in [3.63, 3.8) is 0 Å². The van der Waals surface area contributed by atoms with E-state index in [1.54, 1.807) is 6.07 Å². The first-order valence-electron chi connectivity index (χ1n) is 11.0. The van der Waals surface area contributed by atoms with E-state index in [0.29, 0.717) is 11.3 Å². The molecule has 0 N–H and O–H groups in total. The maximum absolute atomic E-state index is 14.7. The number of benzene rings is 2. The highest BCUT2D eigenvalue weighted by atomic mass is 19.1. The zero-order valence-corrected chi connectivity index (χ0v) is 17.3. The minimum Gasteiger partial charge on any atom is -0.465 e. The molecule has 4 heteroatoms. The normalized spacial score (nSPS) is 26.9. The van der Waals surface area contributed by atoms with Gasteiger partial charge in [-0.2, -0.15) is 0 Å². The van der Waals surface area contributed by atoms with Gasteiger partial charge in [-0.05, 0) is 72.8 Å². The van der Waals surface area contributed by atoms with Crippen LogP contribution < -0.4 is 0 Å². The molecule has 0 heterocycles. The smallest absolute Gasteiger partial charge is 0.343 e. The van der Waals surface area contributed by atoms with Crippen LogP contribution in [0.25, 0.3) is 10.8 Å². The van der Waals surface area contributed by atoms with Gasteiger partial charge in [-0.1, -0.05) is 44.4 Å². The van der Waals surface area contributed by atoms with E-state index in [2.05, 4.69) is 11.7 Å². The molecule has 156 valence electrons. The number of methoxy groups -OCH3 is 1. The minimum atomic E-state index is -0.983. The Morgan fingerprint density at radius 1 is 1.07 bits per heavy atom. The Kier molecular flexibility index (Phi) is 5.89. The summed E-state index contributed by atoms with van der Waals surface area (Å²) < 4.78 is 33.6. The number of fused-ring (bicyclic) bond motifs is 2. The van der Waals surface area contributed by atoms with Crippen molar-refractivity contribution in [2.75, 3.05) is 7.11 Å². The predicted molar refractivity (Wildman–Crippen MR) is 111 cm³/mol. The van der Waals surface area contributed by atoms with Gasteiger partial charge in [0.15, 0.2) is 0 Å². The van der Waals surface area contributed by atoms with E-state index in [9.17, 15) is 13.6 Å². The molecule has 2 aliphatic carbocycles. The fourth-order valence-electron chi connectivity index (χ4n) is 5.85. The quantitative estimate of drug-likeness (QED) is 0.516. The molecule has 2 nitrogen and oxygen atoms in total. The SMILES string of the molecule is CCCC1CCC2CC(c3ccc4c(F)c(C(=O)OC)c(F)cc4c3)CCC2C1. The molecule has 4 rings (SSSR count). The molecule has 2 aromatic rings. The molecule has 2 saturated carbocycles. The van der Waals surface area contributed by atoms with Crippen LogP contribution in [0.2, 0.25) is 0 Å². The number of esters is 1. The van der Waals surface area contributed by atoms with E-state index in [0.717, 1.165) is 36.8 Å². The van der Waals surface area contributed by atoms with Crippen LogP contribution in [0.1, 0.15) is 80.1 Å². The molecule has 0 saturated heterocycles. The first-order chi connectivity index (χ1) is 14.0. The Bertz CT molecular complexity index is 907. The molecule has 2 aliphatic rings. The van der Waals surface area contributed by atoms with Crippen molar-refractivity contribution in [1.29, 1.82) is 0 Å². The molecule has 0 aromatic heterocycles. The average molecular weight is 401 g/mol. The monoisotopic (exact) mass is 400 g/mol. The van der Waals surface area contributed by atoms with E-state index < -0.39 is 23.2 Å². The predicted octanol–water partition coefficient (Wildman–Crippen LogP) is 7.00. The number of carbonyl (C=O) groups excluding carboxylic acids is 1. The summed E-state index contributed by atoms with van der Waals surface area (Å²) in [5.74, 6) is 0.321. The molecule has 0 radical (unpaired) electrons. The molecule has 2 aromatic carbocycles. The number of carbonyl (C=O) groups is 1. The summed E-state index contributed by atoms with van der Waals surface area (Å²) in [6, 6.07) is 6.82. The van der Waals surface area contributed by atoms with Crippen LogP contribution in [0.5, 0.6) is 0 Å². The zero-order chi connectivity index (χ0) is 20.5. The van der Waals surface area contributed by atoms with E-state index in [4.69, 9.17) is 0 Å². The highest BCUT2D eigenvalue weighted by molar-refractivity contribution is 5.96. The third-order valence-electron chi connectivity index (χ3n) is 7.33. The van der Waals surface area contributed by atoms with Gasteiger partial charge in [-0.15, -0.1) is 0 Å². The minimum absolute atomic E-state index is 0.268. The van der Waals surface area contributed by atoms with Crippen LogP contribution in [-0.4, -0.2) is 13.1 Å². The van der Waals surface area contributed by atoms with E-state index in [-0.39, 0.29) is 5.39 Å². The fraction of sp³-hybridized carbons (Fsp3) is 0.560. The number of ether oxygens (including phenoxy) is 1. The van der Waals surface area contributed by atoms with Crippen molar-refractivity contribution in [1.82, 2.24) is 0 Å². The van der Waals surface area contributed by atoms with Crippen LogP contribution >= 0.6 is 0 Å². The van der Waals surface area contributed by atoms with Gasteiger partial charge in [-0.25, -0.2) is 13.6 Å². The molecule has 4 atom stereocenters. The first-order valence-corrected chi connectivity index (χ1v) is 11.0. The van der Waals surface area contributed by atoms with Crippen molar-refractivity contribution >= 4 is 16.7 Å². The topological polar surface area (TPSA) is 26.3 Å². The molecule has 2 fully saturated rings. The molecule has 0 aliphatic heterocycles. The summed E-state index contributed by atoms with van der Waals surface area (Å²) in [5.41, 5.74) is 0.549. The van der Waals surface area contributed by atoms with Crippen molar-refractivity contribution in [2.45, 2.75) is 64.2 Å². The lowest BCUT2D eigenvalue weighted by atomic mass is 9.63. The second kappa shape index (κ2) is 8.41. The van der Waals surface area contributed by atoms with Gasteiger partial charge in [-0.3, -0.25) is 0 Å². The van der Waals surface area contributed by atoms with Crippen molar-refractivity contribution in [3.8, 4) is 0 Å². The molecule has 29 heavy (non-hydrogen) atoms. The molecule has 0 spiro atoms. The molecule has 0 bridgehead atoms. The standard InChI is InChI=1S/C25H30F2O2/c1-3-4-15-5-6-17-12-18(8-7-16(17)11-15)19-9-10-21-20(13-19)14-22(26)23(24(21)27)25(28)29-2/h9-10,13-18H,3-8,11-12H2,1-2H3. The Hall–Kier alpha value is -1.97. The van der Waals surface area contributed by atoms with E-state index in [1.165, 1.54) is 51.0 Å². The number of hydrogen-bond donors (Lipinski definition) is 0. The van der Waals surface area contributed by atoms with Gasteiger partial charge in [0.1, 0.15) is 17.2 Å². The summed E-state index contributed by atoms with van der Waals surface area (Å²) in [6.45, 7) is 2.28. The summed E-state index contributed by atoms with van der Waals surface area (Å²) in [6.07, 6.45) is 10.3. The Morgan fingerprint density at radius 3 is 2.59 bits per heavy atom. The molecule has 0 amide bonds. The van der Waals surface area contributed by atoms with Gasteiger partial charge in [0.25, 0.3) is 0 Å².